The summed E-state index contributed by atoms with van der Waals surface area (Å²) >= 11 is 1.49. The molecular formula is C15H15FN4OS. The van der Waals surface area contributed by atoms with Crippen LogP contribution in [0.1, 0.15) is 17.0 Å². The number of ether oxygens (including phenoxy) is 1. The van der Waals surface area contributed by atoms with Crippen molar-refractivity contribution in [2.75, 3.05) is 7.11 Å². The molecule has 0 saturated heterocycles. The Hall–Kier alpha value is -2.15. The van der Waals surface area contributed by atoms with Gasteiger partial charge in [0.2, 0.25) is 0 Å². The maximum absolute atomic E-state index is 13.7. The van der Waals surface area contributed by atoms with Crippen LogP contribution in [0.15, 0.2) is 29.4 Å². The van der Waals surface area contributed by atoms with Crippen molar-refractivity contribution in [3.8, 4) is 5.75 Å². The van der Waals surface area contributed by atoms with E-state index in [2.05, 4.69) is 15.2 Å². The fourth-order valence-corrected chi connectivity index (χ4v) is 3.17. The normalized spacial score (nSPS) is 11.1. The minimum Gasteiger partial charge on any atom is -0.494 e. The van der Waals surface area contributed by atoms with E-state index < -0.39 is 0 Å². The molecule has 0 aliphatic carbocycles. The Morgan fingerprint density at radius 2 is 2.05 bits per heavy atom. The smallest absolute Gasteiger partial charge is 0.256 e. The van der Waals surface area contributed by atoms with Crippen LogP contribution in [0.25, 0.3) is 5.78 Å². The molecule has 0 radical (unpaired) electrons. The number of hydrogen-bond acceptors (Lipinski definition) is 5. The molecule has 3 aromatic rings. The summed E-state index contributed by atoms with van der Waals surface area (Å²) in [5, 5.41) is 8.99. The lowest BCUT2D eigenvalue weighted by molar-refractivity contribution is 0.386. The molecule has 114 valence electrons. The van der Waals surface area contributed by atoms with Gasteiger partial charge in [-0.05, 0) is 37.6 Å². The molecule has 2 heterocycles. The van der Waals surface area contributed by atoms with E-state index in [0.717, 1.165) is 22.1 Å². The first-order valence-electron chi connectivity index (χ1n) is 6.73. The number of aryl methyl sites for hydroxylation is 2. The molecule has 0 amide bonds. The zero-order valence-corrected chi connectivity index (χ0v) is 13.3. The number of hydrogen-bond donors (Lipinski definition) is 0. The molecule has 0 bridgehead atoms. The molecule has 7 heteroatoms. The number of rotatable bonds is 4. The van der Waals surface area contributed by atoms with E-state index in [-0.39, 0.29) is 11.6 Å². The van der Waals surface area contributed by atoms with Gasteiger partial charge in [0.25, 0.3) is 5.78 Å². The fraction of sp³-hybridized carbons (Fsp3) is 0.267. The molecule has 22 heavy (non-hydrogen) atoms. The van der Waals surface area contributed by atoms with E-state index in [4.69, 9.17) is 4.74 Å². The lowest BCUT2D eigenvalue weighted by Gasteiger charge is -2.06. The maximum atomic E-state index is 13.7. The van der Waals surface area contributed by atoms with Crippen molar-refractivity contribution in [2.24, 2.45) is 0 Å². The standard InChI is InChI=1S/C15H15FN4OS/c1-9-6-10(2)20-14(17-9)18-19-15(20)22-8-11-4-5-13(21-3)12(16)7-11/h4-7H,8H2,1-3H3. The number of thioether (sulfide) groups is 1. The van der Waals surface area contributed by atoms with Gasteiger partial charge in [-0.3, -0.25) is 4.40 Å². The van der Waals surface area contributed by atoms with Gasteiger partial charge in [0.1, 0.15) is 0 Å². The van der Waals surface area contributed by atoms with Crippen LogP contribution in [0.2, 0.25) is 0 Å². The first-order chi connectivity index (χ1) is 10.6. The summed E-state index contributed by atoms with van der Waals surface area (Å²) in [4.78, 5) is 4.35. The highest BCUT2D eigenvalue weighted by Gasteiger charge is 2.11. The third kappa shape index (κ3) is 2.76. The molecule has 5 nitrogen and oxygen atoms in total. The van der Waals surface area contributed by atoms with Crippen molar-refractivity contribution in [3.05, 3.63) is 47.0 Å². The van der Waals surface area contributed by atoms with Gasteiger partial charge >= 0.3 is 0 Å². The van der Waals surface area contributed by atoms with Crippen molar-refractivity contribution in [3.63, 3.8) is 0 Å². The van der Waals surface area contributed by atoms with Crippen molar-refractivity contribution >= 4 is 17.5 Å². The first-order valence-corrected chi connectivity index (χ1v) is 7.71. The molecular weight excluding hydrogens is 303 g/mol. The number of methoxy groups -OCH3 is 1. The predicted molar refractivity (Wildman–Crippen MR) is 82.8 cm³/mol. The molecule has 0 atom stereocenters. The highest BCUT2D eigenvalue weighted by Crippen LogP contribution is 2.25. The zero-order valence-electron chi connectivity index (χ0n) is 12.5. The SMILES string of the molecule is COc1ccc(CSc2nnc3nc(C)cc(C)n23)cc1F. The lowest BCUT2D eigenvalue weighted by atomic mass is 10.2. The van der Waals surface area contributed by atoms with Gasteiger partial charge in [0.05, 0.1) is 7.11 Å². The number of benzene rings is 1. The van der Waals surface area contributed by atoms with E-state index in [0.29, 0.717) is 11.5 Å². The van der Waals surface area contributed by atoms with Gasteiger partial charge in [-0.25, -0.2) is 9.37 Å². The van der Waals surface area contributed by atoms with Crippen molar-refractivity contribution < 1.29 is 9.13 Å². The van der Waals surface area contributed by atoms with E-state index in [1.165, 1.54) is 24.9 Å². The summed E-state index contributed by atoms with van der Waals surface area (Å²) in [5.74, 6) is 1.06. The van der Waals surface area contributed by atoms with E-state index in [1.54, 1.807) is 6.07 Å². The quantitative estimate of drug-likeness (QED) is 0.692. The molecule has 1 aromatic carbocycles. The Morgan fingerprint density at radius 3 is 2.77 bits per heavy atom. The molecule has 0 aliphatic rings. The van der Waals surface area contributed by atoms with Crippen molar-refractivity contribution in [1.29, 1.82) is 0 Å². The molecule has 0 N–H and O–H groups in total. The summed E-state index contributed by atoms with van der Waals surface area (Å²) in [5.41, 5.74) is 2.79. The van der Waals surface area contributed by atoms with Crippen LogP contribution in [0.4, 0.5) is 4.39 Å². The molecule has 0 fully saturated rings. The van der Waals surface area contributed by atoms with E-state index in [9.17, 15) is 4.39 Å². The maximum Gasteiger partial charge on any atom is 0.256 e. The number of nitrogens with zero attached hydrogens (tertiary/aromatic N) is 4. The molecule has 0 saturated carbocycles. The Labute approximate surface area is 131 Å². The second-order valence-corrected chi connectivity index (χ2v) is 5.86. The monoisotopic (exact) mass is 318 g/mol. The third-order valence-electron chi connectivity index (χ3n) is 3.25. The van der Waals surface area contributed by atoms with Gasteiger partial charge in [-0.2, -0.15) is 0 Å². The van der Waals surface area contributed by atoms with E-state index >= 15 is 0 Å². The fourth-order valence-electron chi connectivity index (χ4n) is 2.24. The van der Waals surface area contributed by atoms with Crippen LogP contribution < -0.4 is 4.74 Å². The van der Waals surface area contributed by atoms with Crippen molar-refractivity contribution in [1.82, 2.24) is 19.6 Å². The Balaban J connectivity index is 1.84. The Morgan fingerprint density at radius 1 is 1.23 bits per heavy atom. The summed E-state index contributed by atoms with van der Waals surface area (Å²) < 4.78 is 20.5. The topological polar surface area (TPSA) is 52.3 Å². The summed E-state index contributed by atoms with van der Waals surface area (Å²) in [6.45, 7) is 3.91. The average Bonchev–Trinajstić information content (AvgIpc) is 2.88. The average molecular weight is 318 g/mol. The van der Waals surface area contributed by atoms with Crippen molar-refractivity contribution in [2.45, 2.75) is 24.8 Å². The summed E-state index contributed by atoms with van der Waals surface area (Å²) in [6.07, 6.45) is 0. The van der Waals surface area contributed by atoms with Gasteiger partial charge in [-0.15, -0.1) is 10.2 Å². The van der Waals surface area contributed by atoms with Crippen LogP contribution in [0.3, 0.4) is 0 Å². The molecule has 3 rings (SSSR count). The Bertz CT molecular complexity index is 834. The predicted octanol–water partition coefficient (Wildman–Crippen LogP) is 3.18. The first kappa shape index (κ1) is 14.8. The van der Waals surface area contributed by atoms with Gasteiger partial charge in [-0.1, -0.05) is 17.8 Å². The summed E-state index contributed by atoms with van der Waals surface area (Å²) in [6, 6.07) is 6.93. The molecule has 0 unspecified atom stereocenters. The second kappa shape index (κ2) is 5.92. The molecule has 0 spiro atoms. The minimum atomic E-state index is -0.361. The zero-order chi connectivity index (χ0) is 15.7. The number of halogens is 1. The van der Waals surface area contributed by atoms with Gasteiger partial charge < -0.3 is 4.74 Å². The third-order valence-corrected chi connectivity index (χ3v) is 4.25. The highest BCUT2D eigenvalue weighted by molar-refractivity contribution is 7.98. The summed E-state index contributed by atoms with van der Waals surface area (Å²) in [7, 11) is 1.45. The van der Waals surface area contributed by atoms with E-state index in [1.807, 2.05) is 30.4 Å². The van der Waals surface area contributed by atoms with Crippen LogP contribution >= 0.6 is 11.8 Å². The van der Waals surface area contributed by atoms with Crippen LogP contribution in [0, 0.1) is 19.7 Å². The lowest BCUT2D eigenvalue weighted by Crippen LogP contribution is -1.98. The van der Waals surface area contributed by atoms with Crippen LogP contribution in [-0.2, 0) is 5.75 Å². The highest BCUT2D eigenvalue weighted by atomic mass is 32.2. The number of fused-ring (bicyclic) bond motifs is 1. The minimum absolute atomic E-state index is 0.247. The van der Waals surface area contributed by atoms with Crippen LogP contribution in [0.5, 0.6) is 5.75 Å². The largest absolute Gasteiger partial charge is 0.494 e. The Kier molecular flexibility index (Phi) is 3.98. The molecule has 2 aromatic heterocycles. The van der Waals surface area contributed by atoms with Gasteiger partial charge in [0, 0.05) is 17.1 Å². The second-order valence-electron chi connectivity index (χ2n) is 4.91. The molecule has 0 aliphatic heterocycles. The number of aromatic nitrogens is 4. The van der Waals surface area contributed by atoms with Crippen LogP contribution in [-0.4, -0.2) is 26.7 Å². The van der Waals surface area contributed by atoms with Gasteiger partial charge in [0.15, 0.2) is 16.7 Å².